The predicted molar refractivity (Wildman–Crippen MR) is 81.6 cm³/mol. The molecule has 1 rings (SSSR count). The molecule has 1 aliphatic carbocycles. The van der Waals surface area contributed by atoms with Crippen LogP contribution < -0.4 is 11.1 Å². The Kier molecular flexibility index (Phi) is 7.39. The topological polar surface area (TPSA) is 72.2 Å². The van der Waals surface area contributed by atoms with Crippen molar-refractivity contribution in [2.45, 2.75) is 70.8 Å². The number of hydrogen-bond acceptors (Lipinski definition) is 3. The third-order valence-electron chi connectivity index (χ3n) is 4.11. The summed E-state index contributed by atoms with van der Waals surface area (Å²) in [4.78, 5) is 23.3. The lowest BCUT2D eigenvalue weighted by Crippen LogP contribution is -2.50. The highest BCUT2D eigenvalue weighted by Crippen LogP contribution is 2.28. The second kappa shape index (κ2) is 8.56. The van der Waals surface area contributed by atoms with Crippen molar-refractivity contribution in [3.63, 3.8) is 0 Å². The number of hydrogen-bond donors (Lipinski definition) is 2. The molecule has 6 heteroatoms. The quantitative estimate of drug-likeness (QED) is 0.722. The molecule has 22 heavy (non-hydrogen) atoms. The molecule has 0 aromatic carbocycles. The molecule has 0 radical (unpaired) electrons. The van der Waals surface area contributed by atoms with Crippen molar-refractivity contribution >= 4 is 11.7 Å². The Morgan fingerprint density at radius 1 is 1.23 bits per heavy atom. The van der Waals surface area contributed by atoms with Gasteiger partial charge in [0.15, 0.2) is 0 Å². The van der Waals surface area contributed by atoms with E-state index in [1.54, 1.807) is 0 Å². The van der Waals surface area contributed by atoms with Crippen LogP contribution in [0.25, 0.3) is 0 Å². The summed E-state index contributed by atoms with van der Waals surface area (Å²) in [5.41, 5.74) is 5.68. The van der Waals surface area contributed by atoms with Gasteiger partial charge in [0.2, 0.25) is 11.7 Å². The van der Waals surface area contributed by atoms with E-state index in [9.17, 15) is 18.4 Å². The van der Waals surface area contributed by atoms with Gasteiger partial charge in [-0.05, 0) is 18.3 Å². The number of carbonyl (C=O) groups excluding carboxylic acids is 2. The fraction of sp³-hybridized carbons (Fsp3) is 0.875. The molecule has 1 atom stereocenters. The van der Waals surface area contributed by atoms with Gasteiger partial charge in [-0.2, -0.15) is 8.78 Å². The summed E-state index contributed by atoms with van der Waals surface area (Å²) in [7, 11) is 0. The maximum Gasteiger partial charge on any atom is 0.323 e. The van der Waals surface area contributed by atoms with Crippen molar-refractivity contribution in [1.29, 1.82) is 0 Å². The third-order valence-corrected chi connectivity index (χ3v) is 4.11. The maximum atomic E-state index is 13.9. The van der Waals surface area contributed by atoms with Crippen LogP contribution in [0.5, 0.6) is 0 Å². The molecule has 128 valence electrons. The maximum absolute atomic E-state index is 13.9. The van der Waals surface area contributed by atoms with Gasteiger partial charge < -0.3 is 11.1 Å². The van der Waals surface area contributed by atoms with Gasteiger partial charge in [0.05, 0.1) is 12.6 Å². The van der Waals surface area contributed by atoms with Gasteiger partial charge in [-0.1, -0.05) is 46.0 Å². The molecule has 0 aliphatic heterocycles. The second-order valence-corrected chi connectivity index (χ2v) is 6.79. The molecule has 0 aromatic rings. The van der Waals surface area contributed by atoms with Crippen molar-refractivity contribution in [3.8, 4) is 0 Å². The first-order valence-corrected chi connectivity index (χ1v) is 8.16. The minimum atomic E-state index is -3.60. The molecule has 1 fully saturated rings. The zero-order valence-corrected chi connectivity index (χ0v) is 13.5. The van der Waals surface area contributed by atoms with Crippen LogP contribution in [0, 0.1) is 11.8 Å². The summed E-state index contributed by atoms with van der Waals surface area (Å²) in [6.07, 6.45) is 5.71. The van der Waals surface area contributed by atoms with Crippen LogP contribution in [0.3, 0.4) is 0 Å². The molecular weight excluding hydrogens is 290 g/mol. The number of nitrogens with one attached hydrogen (secondary N) is 1. The smallest absolute Gasteiger partial charge is 0.323 e. The molecule has 1 saturated carbocycles. The highest BCUT2D eigenvalue weighted by Gasteiger charge is 2.42. The summed E-state index contributed by atoms with van der Waals surface area (Å²) in [5.74, 6) is -4.98. The van der Waals surface area contributed by atoms with E-state index in [-0.39, 0.29) is 18.3 Å². The van der Waals surface area contributed by atoms with Crippen molar-refractivity contribution in [3.05, 3.63) is 0 Å². The van der Waals surface area contributed by atoms with E-state index in [1.807, 2.05) is 13.8 Å². The number of alkyl halides is 2. The van der Waals surface area contributed by atoms with Crippen LogP contribution in [0.2, 0.25) is 0 Å². The number of halogens is 2. The molecule has 0 bridgehead atoms. The Morgan fingerprint density at radius 3 is 2.36 bits per heavy atom. The van der Waals surface area contributed by atoms with Crippen molar-refractivity contribution in [2.24, 2.45) is 17.6 Å². The fourth-order valence-electron chi connectivity index (χ4n) is 2.90. The fourth-order valence-corrected chi connectivity index (χ4v) is 2.90. The average molecular weight is 318 g/mol. The lowest BCUT2D eigenvalue weighted by atomic mass is 9.83. The lowest BCUT2D eigenvalue weighted by Gasteiger charge is -2.26. The van der Waals surface area contributed by atoms with Crippen molar-refractivity contribution < 1.29 is 18.4 Å². The van der Waals surface area contributed by atoms with Crippen LogP contribution in [-0.2, 0) is 9.59 Å². The second-order valence-electron chi connectivity index (χ2n) is 6.79. The minimum Gasteiger partial charge on any atom is -0.350 e. The van der Waals surface area contributed by atoms with E-state index in [0.717, 1.165) is 32.1 Å². The highest BCUT2D eigenvalue weighted by molar-refractivity contribution is 5.91. The van der Waals surface area contributed by atoms with Gasteiger partial charge in [-0.25, -0.2) is 0 Å². The van der Waals surface area contributed by atoms with Gasteiger partial charge in [-0.3, -0.25) is 9.59 Å². The van der Waals surface area contributed by atoms with Crippen LogP contribution >= 0.6 is 0 Å². The molecule has 4 nitrogen and oxygen atoms in total. The van der Waals surface area contributed by atoms with E-state index < -0.39 is 30.2 Å². The monoisotopic (exact) mass is 318 g/mol. The number of amides is 1. The van der Waals surface area contributed by atoms with Crippen LogP contribution in [0.1, 0.15) is 58.8 Å². The van der Waals surface area contributed by atoms with E-state index >= 15 is 0 Å². The van der Waals surface area contributed by atoms with Crippen molar-refractivity contribution in [2.75, 3.05) is 6.54 Å². The first-order chi connectivity index (χ1) is 10.2. The molecule has 1 aliphatic rings. The Bertz CT molecular complexity index is 380. The van der Waals surface area contributed by atoms with E-state index in [0.29, 0.717) is 6.42 Å². The summed E-state index contributed by atoms with van der Waals surface area (Å²) in [5, 5.41) is 2.13. The van der Waals surface area contributed by atoms with Gasteiger partial charge in [0.25, 0.3) is 0 Å². The Hall–Kier alpha value is -1.04. The van der Waals surface area contributed by atoms with Gasteiger partial charge in [0.1, 0.15) is 0 Å². The third kappa shape index (κ3) is 6.38. The zero-order chi connectivity index (χ0) is 16.8. The molecule has 1 amide bonds. The standard InChI is InChI=1S/C16H28F2N2O2/c1-11(2)8-14(21)20-10-16(17,18)15(22)13(19)9-12-6-4-3-5-7-12/h11-13H,3-10,19H2,1-2H3,(H,20,21). The van der Waals surface area contributed by atoms with Crippen LogP contribution in [-0.4, -0.2) is 30.2 Å². The Labute approximate surface area is 131 Å². The Balaban J connectivity index is 2.44. The Morgan fingerprint density at radius 2 is 1.82 bits per heavy atom. The first kappa shape index (κ1) is 19.0. The number of ketones is 1. The minimum absolute atomic E-state index is 0.0814. The van der Waals surface area contributed by atoms with Crippen LogP contribution in [0.4, 0.5) is 8.78 Å². The predicted octanol–water partition coefficient (Wildman–Crippen LogP) is 2.65. The summed E-state index contributed by atoms with van der Waals surface area (Å²) < 4.78 is 27.8. The summed E-state index contributed by atoms with van der Waals surface area (Å²) in [6.45, 7) is 2.68. The molecule has 3 N–H and O–H groups in total. The summed E-state index contributed by atoms with van der Waals surface area (Å²) in [6, 6.07) is -1.15. The zero-order valence-electron chi connectivity index (χ0n) is 13.5. The van der Waals surface area contributed by atoms with E-state index in [2.05, 4.69) is 5.32 Å². The van der Waals surface area contributed by atoms with Crippen LogP contribution in [0.15, 0.2) is 0 Å². The van der Waals surface area contributed by atoms with Gasteiger partial charge in [-0.15, -0.1) is 0 Å². The SMILES string of the molecule is CC(C)CC(=O)NCC(F)(F)C(=O)C(N)CC1CCCCC1. The molecule has 1 unspecified atom stereocenters. The molecular formula is C16H28F2N2O2. The number of Topliss-reactive ketones (excluding diaryl/α,β-unsaturated/α-hetero) is 1. The van der Waals surface area contributed by atoms with Gasteiger partial charge in [0, 0.05) is 6.42 Å². The molecule has 0 aromatic heterocycles. The number of rotatable bonds is 8. The number of nitrogens with two attached hydrogens (primary N) is 1. The molecule has 0 heterocycles. The summed E-state index contributed by atoms with van der Waals surface area (Å²) >= 11 is 0. The average Bonchev–Trinajstić information content (AvgIpc) is 2.45. The normalized spacial score (nSPS) is 18.3. The number of carbonyl (C=O) groups is 2. The lowest BCUT2D eigenvalue weighted by molar-refractivity contribution is -0.145. The van der Waals surface area contributed by atoms with Crippen molar-refractivity contribution in [1.82, 2.24) is 5.32 Å². The molecule has 0 saturated heterocycles. The highest BCUT2D eigenvalue weighted by atomic mass is 19.3. The van der Waals surface area contributed by atoms with E-state index in [4.69, 9.17) is 5.73 Å². The van der Waals surface area contributed by atoms with E-state index in [1.165, 1.54) is 0 Å². The largest absolute Gasteiger partial charge is 0.350 e. The first-order valence-electron chi connectivity index (χ1n) is 8.16. The van der Waals surface area contributed by atoms with Gasteiger partial charge >= 0.3 is 5.92 Å². The molecule has 0 spiro atoms.